The maximum absolute atomic E-state index is 9.50. The van der Waals surface area contributed by atoms with Crippen molar-refractivity contribution in [2.75, 3.05) is 31.4 Å². The van der Waals surface area contributed by atoms with Crippen LogP contribution >= 0.6 is 0 Å². The lowest BCUT2D eigenvalue weighted by Gasteiger charge is -2.30. The van der Waals surface area contributed by atoms with Crippen molar-refractivity contribution in [2.45, 2.75) is 5.92 Å². The molecule has 0 spiro atoms. The fourth-order valence-electron chi connectivity index (χ4n) is 3.60. The summed E-state index contributed by atoms with van der Waals surface area (Å²) in [5, 5.41) is 9.50. The molecule has 1 atom stereocenters. The lowest BCUT2D eigenvalue weighted by molar-refractivity contribution is 0.354. The minimum atomic E-state index is -0.366. The molecule has 0 fully saturated rings. The second-order valence-corrected chi connectivity index (χ2v) is 6.56. The van der Waals surface area contributed by atoms with Crippen molar-refractivity contribution in [1.82, 2.24) is 4.98 Å². The minimum absolute atomic E-state index is 0.0159. The van der Waals surface area contributed by atoms with Crippen molar-refractivity contribution in [1.29, 1.82) is 5.26 Å². The van der Waals surface area contributed by atoms with Crippen LogP contribution in [0.4, 0.5) is 17.2 Å². The highest BCUT2D eigenvalue weighted by Crippen LogP contribution is 2.51. The summed E-state index contributed by atoms with van der Waals surface area (Å²) in [7, 11) is 3.14. The van der Waals surface area contributed by atoms with E-state index >= 15 is 0 Å². The minimum Gasteiger partial charge on any atom is -0.493 e. The predicted octanol–water partition coefficient (Wildman–Crippen LogP) is 3.00. The maximum Gasteiger partial charge on any atom is 0.227 e. The van der Waals surface area contributed by atoms with Gasteiger partial charge < -0.3 is 31.4 Å². The van der Waals surface area contributed by atoms with Crippen LogP contribution in [0.3, 0.4) is 0 Å². The molecule has 2 aromatic carbocycles. The molecule has 1 aliphatic heterocycles. The molecule has 1 aromatic heterocycles. The third-order valence-electron chi connectivity index (χ3n) is 4.96. The van der Waals surface area contributed by atoms with Gasteiger partial charge in [-0.1, -0.05) is 12.1 Å². The average Bonchev–Trinajstić information content (AvgIpc) is 2.71. The van der Waals surface area contributed by atoms with E-state index in [-0.39, 0.29) is 28.9 Å². The number of aromatic nitrogens is 1. The molecule has 29 heavy (non-hydrogen) atoms. The number of rotatable bonds is 3. The van der Waals surface area contributed by atoms with E-state index in [4.69, 9.17) is 31.4 Å². The quantitative estimate of drug-likeness (QED) is 0.454. The van der Waals surface area contributed by atoms with Gasteiger partial charge in [0.25, 0.3) is 0 Å². The highest BCUT2D eigenvalue weighted by atomic mass is 16.5. The second-order valence-electron chi connectivity index (χ2n) is 6.56. The highest BCUT2D eigenvalue weighted by Gasteiger charge is 2.34. The lowest BCUT2D eigenvalue weighted by Crippen LogP contribution is -2.17. The topological polar surface area (TPSA) is 142 Å². The van der Waals surface area contributed by atoms with Crippen LogP contribution in [-0.2, 0) is 0 Å². The van der Waals surface area contributed by atoms with E-state index in [0.717, 1.165) is 11.1 Å². The molecular formula is C21H19N5O3. The number of hydrogen-bond donors (Lipinski definition) is 3. The van der Waals surface area contributed by atoms with Crippen molar-refractivity contribution in [2.24, 2.45) is 0 Å². The lowest BCUT2D eigenvalue weighted by atomic mass is 9.82. The Hall–Kier alpha value is -4.12. The standard InChI is InChI=1S/C21H19N5O3/c1-27-14-6-3-10(7-16(14)28-2)17-12-5-4-11(23)8-15(12)29-21-18(17)19(24)13(9-22)20(25)26-21/h3-8,17H,23H2,1-2H3,(H4,24,25,26)/t17-/m1/s1. The summed E-state index contributed by atoms with van der Waals surface area (Å²) in [6.07, 6.45) is 0. The van der Waals surface area contributed by atoms with Crippen molar-refractivity contribution < 1.29 is 14.2 Å². The van der Waals surface area contributed by atoms with Crippen molar-refractivity contribution in [3.8, 4) is 29.2 Å². The van der Waals surface area contributed by atoms with E-state index in [0.29, 0.717) is 28.5 Å². The van der Waals surface area contributed by atoms with Gasteiger partial charge in [-0.25, -0.2) is 0 Å². The molecule has 4 rings (SSSR count). The molecule has 146 valence electrons. The SMILES string of the molecule is COc1ccc([C@@H]2c3ccc(N)cc3Oc3nc(N)c(C#N)c(N)c32)cc1OC. The Morgan fingerprint density at radius 3 is 2.48 bits per heavy atom. The zero-order valence-corrected chi connectivity index (χ0v) is 15.9. The summed E-state index contributed by atoms with van der Waals surface area (Å²) in [6, 6.07) is 13.0. The molecule has 1 aliphatic rings. The molecule has 0 amide bonds. The van der Waals surface area contributed by atoms with Crippen LogP contribution in [0.1, 0.15) is 28.2 Å². The Bertz CT molecular complexity index is 1170. The summed E-state index contributed by atoms with van der Waals surface area (Å²) < 4.78 is 16.8. The Labute approximate surface area is 167 Å². The van der Waals surface area contributed by atoms with E-state index in [2.05, 4.69) is 4.98 Å². The number of ether oxygens (including phenoxy) is 3. The van der Waals surface area contributed by atoms with Gasteiger partial charge in [-0.2, -0.15) is 10.2 Å². The number of nitrogens with zero attached hydrogens (tertiary/aromatic N) is 2. The Kier molecular flexibility index (Phi) is 4.28. The molecule has 2 heterocycles. The van der Waals surface area contributed by atoms with Gasteiger partial charge in [-0.3, -0.25) is 0 Å². The van der Waals surface area contributed by atoms with Crippen LogP contribution < -0.4 is 31.4 Å². The van der Waals surface area contributed by atoms with Gasteiger partial charge in [0, 0.05) is 23.2 Å². The van der Waals surface area contributed by atoms with E-state index in [1.54, 1.807) is 26.4 Å². The molecule has 0 saturated heterocycles. The van der Waals surface area contributed by atoms with E-state index in [1.807, 2.05) is 30.3 Å². The molecule has 0 aliphatic carbocycles. The number of nitriles is 1. The molecule has 0 radical (unpaired) electrons. The molecule has 0 bridgehead atoms. The van der Waals surface area contributed by atoms with Gasteiger partial charge in [0.1, 0.15) is 23.2 Å². The van der Waals surface area contributed by atoms with Crippen LogP contribution in [0, 0.1) is 11.3 Å². The first kappa shape index (κ1) is 18.3. The molecule has 3 aromatic rings. The third-order valence-corrected chi connectivity index (χ3v) is 4.96. The van der Waals surface area contributed by atoms with Crippen LogP contribution in [0.5, 0.6) is 23.1 Å². The summed E-state index contributed by atoms with van der Waals surface area (Å²) in [5.74, 6) is 1.61. The predicted molar refractivity (Wildman–Crippen MR) is 109 cm³/mol. The fraction of sp³-hybridized carbons (Fsp3) is 0.143. The largest absolute Gasteiger partial charge is 0.493 e. The van der Waals surface area contributed by atoms with Crippen molar-refractivity contribution in [3.63, 3.8) is 0 Å². The van der Waals surface area contributed by atoms with Gasteiger partial charge >= 0.3 is 0 Å². The molecule has 0 saturated carbocycles. The van der Waals surface area contributed by atoms with Gasteiger partial charge in [-0.05, 0) is 23.8 Å². The van der Waals surface area contributed by atoms with Crippen LogP contribution in [-0.4, -0.2) is 19.2 Å². The van der Waals surface area contributed by atoms with Crippen molar-refractivity contribution in [3.05, 3.63) is 58.7 Å². The van der Waals surface area contributed by atoms with Crippen LogP contribution in [0.15, 0.2) is 36.4 Å². The van der Waals surface area contributed by atoms with Crippen molar-refractivity contribution >= 4 is 17.2 Å². The number of anilines is 3. The Morgan fingerprint density at radius 2 is 1.79 bits per heavy atom. The number of methoxy groups -OCH3 is 2. The van der Waals surface area contributed by atoms with Gasteiger partial charge in [0.15, 0.2) is 11.5 Å². The first-order valence-electron chi connectivity index (χ1n) is 8.76. The Balaban J connectivity index is 2.02. The first-order chi connectivity index (χ1) is 14.0. The molecule has 6 N–H and O–H groups in total. The Morgan fingerprint density at radius 1 is 1.03 bits per heavy atom. The normalized spacial score (nSPS) is 14.2. The van der Waals surface area contributed by atoms with E-state index < -0.39 is 0 Å². The first-order valence-corrected chi connectivity index (χ1v) is 8.76. The molecule has 8 heteroatoms. The number of pyridine rings is 1. The molecule has 8 nitrogen and oxygen atoms in total. The smallest absolute Gasteiger partial charge is 0.227 e. The number of nitrogen functional groups attached to an aromatic ring is 3. The van der Waals surface area contributed by atoms with E-state index in [9.17, 15) is 5.26 Å². The summed E-state index contributed by atoms with van der Waals surface area (Å²) >= 11 is 0. The van der Waals surface area contributed by atoms with Crippen LogP contribution in [0.25, 0.3) is 0 Å². The number of benzene rings is 2. The monoisotopic (exact) mass is 389 g/mol. The number of fused-ring (bicyclic) bond motifs is 2. The van der Waals surface area contributed by atoms with Gasteiger partial charge in [-0.15, -0.1) is 0 Å². The number of nitrogens with two attached hydrogens (primary N) is 3. The zero-order valence-electron chi connectivity index (χ0n) is 15.9. The fourth-order valence-corrected chi connectivity index (χ4v) is 3.60. The summed E-state index contributed by atoms with van der Waals surface area (Å²) in [6.45, 7) is 0. The number of hydrogen-bond acceptors (Lipinski definition) is 8. The molecule has 0 unspecified atom stereocenters. The molecular weight excluding hydrogens is 370 g/mol. The summed E-state index contributed by atoms with van der Waals surface area (Å²) in [5.41, 5.74) is 21.4. The zero-order chi connectivity index (χ0) is 20.7. The van der Waals surface area contributed by atoms with Crippen LogP contribution in [0.2, 0.25) is 0 Å². The summed E-state index contributed by atoms with van der Waals surface area (Å²) in [4.78, 5) is 4.28. The van der Waals surface area contributed by atoms with E-state index in [1.165, 1.54) is 0 Å². The average molecular weight is 389 g/mol. The maximum atomic E-state index is 9.50. The van der Waals surface area contributed by atoms with Gasteiger partial charge in [0.05, 0.1) is 25.5 Å². The van der Waals surface area contributed by atoms with Gasteiger partial charge in [0.2, 0.25) is 5.88 Å². The second kappa shape index (κ2) is 6.80. The third kappa shape index (κ3) is 2.80. The highest BCUT2D eigenvalue weighted by molar-refractivity contribution is 5.76.